The number of phenols is 1. The summed E-state index contributed by atoms with van der Waals surface area (Å²) in [5, 5.41) is 33.7. The minimum Gasteiger partial charge on any atom is -0.507 e. The molecule has 0 aliphatic rings. The lowest BCUT2D eigenvalue weighted by Crippen LogP contribution is -1.94. The van der Waals surface area contributed by atoms with Gasteiger partial charge in [-0.05, 0) is 104 Å². The van der Waals surface area contributed by atoms with Crippen LogP contribution in [0.1, 0.15) is 16.7 Å². The van der Waals surface area contributed by atoms with Crippen LogP contribution in [-0.4, -0.2) is 36.4 Å². The van der Waals surface area contributed by atoms with Gasteiger partial charge in [0.15, 0.2) is 28.0 Å². The number of aromatic amines is 1. The number of methoxy groups -OCH3 is 1. The van der Waals surface area contributed by atoms with E-state index in [0.717, 1.165) is 54.3 Å². The maximum atomic E-state index is 10.1. The summed E-state index contributed by atoms with van der Waals surface area (Å²) >= 11 is 2.80. The van der Waals surface area contributed by atoms with E-state index < -0.39 is 0 Å². The molecule has 8 aromatic rings. The minimum atomic E-state index is 0.274. The second-order valence-electron chi connectivity index (χ2n) is 12.1. The van der Waals surface area contributed by atoms with E-state index in [9.17, 15) is 5.11 Å². The average molecular weight is 725 g/mol. The lowest BCUT2D eigenvalue weighted by Gasteiger charge is -2.13. The van der Waals surface area contributed by atoms with Gasteiger partial charge in [-0.15, -0.1) is 25.1 Å². The van der Waals surface area contributed by atoms with Crippen molar-refractivity contribution in [2.45, 2.75) is 30.6 Å². The SMILES string of the molecule is COc1ccccc1Oc1nn2nc(-c3cccc(C)c3)[nH]c2c1Sc1ccccc1Nc1ccc2c(N=Nc3cc(C)c(O)c(C)c3)snc2c1. The number of phenolic OH excluding ortho intramolecular Hbond substituents is 1. The van der Waals surface area contributed by atoms with E-state index in [0.29, 0.717) is 39.5 Å². The summed E-state index contributed by atoms with van der Waals surface area (Å²) in [7, 11) is 1.61. The largest absolute Gasteiger partial charge is 0.507 e. The molecule has 52 heavy (non-hydrogen) atoms. The van der Waals surface area contributed by atoms with Crippen LogP contribution < -0.4 is 14.8 Å². The summed E-state index contributed by atoms with van der Waals surface area (Å²) in [6, 6.07) is 33.3. The predicted octanol–water partition coefficient (Wildman–Crippen LogP) is 11.1. The lowest BCUT2D eigenvalue weighted by molar-refractivity contribution is 0.370. The summed E-state index contributed by atoms with van der Waals surface area (Å²) in [5.74, 6) is 2.50. The molecular weight excluding hydrogens is 693 g/mol. The minimum absolute atomic E-state index is 0.274. The van der Waals surface area contributed by atoms with Crippen molar-refractivity contribution in [2.24, 2.45) is 10.2 Å². The van der Waals surface area contributed by atoms with Crippen LogP contribution in [0.3, 0.4) is 0 Å². The van der Waals surface area contributed by atoms with Crippen LogP contribution in [0.25, 0.3) is 27.9 Å². The molecule has 0 fully saturated rings. The van der Waals surface area contributed by atoms with Crippen LogP contribution in [0.15, 0.2) is 123 Å². The Labute approximate surface area is 307 Å². The fourth-order valence-corrected chi connectivity index (χ4v) is 7.45. The number of benzene rings is 5. The molecule has 13 heteroatoms. The number of H-pyrrole nitrogens is 1. The van der Waals surface area contributed by atoms with Gasteiger partial charge in [-0.3, -0.25) is 0 Å². The van der Waals surface area contributed by atoms with E-state index in [-0.39, 0.29) is 5.75 Å². The Kier molecular flexibility index (Phi) is 8.79. The van der Waals surface area contributed by atoms with Gasteiger partial charge in [0.2, 0.25) is 0 Å². The quantitative estimate of drug-likeness (QED) is 0.119. The van der Waals surface area contributed by atoms with Crippen molar-refractivity contribution >= 4 is 61.9 Å². The van der Waals surface area contributed by atoms with Gasteiger partial charge in [0, 0.05) is 21.5 Å². The number of hydrogen-bond acceptors (Lipinski definition) is 11. The molecule has 0 radical (unpaired) electrons. The summed E-state index contributed by atoms with van der Waals surface area (Å²) in [6.45, 7) is 5.75. The highest BCUT2D eigenvalue weighted by atomic mass is 32.2. The molecule has 258 valence electrons. The third kappa shape index (κ3) is 6.54. The Balaban J connectivity index is 1.11. The highest BCUT2D eigenvalue weighted by Gasteiger charge is 2.23. The maximum absolute atomic E-state index is 10.1. The topological polar surface area (TPSA) is 134 Å². The smallest absolute Gasteiger partial charge is 0.257 e. The number of nitrogens with zero attached hydrogens (tertiary/aromatic N) is 6. The molecule has 0 atom stereocenters. The van der Waals surface area contributed by atoms with E-state index >= 15 is 0 Å². The van der Waals surface area contributed by atoms with E-state index in [1.165, 1.54) is 23.3 Å². The monoisotopic (exact) mass is 724 g/mol. The summed E-state index contributed by atoms with van der Waals surface area (Å²) in [6.07, 6.45) is 0. The maximum Gasteiger partial charge on any atom is 0.257 e. The Bertz CT molecular complexity index is 2600. The molecule has 11 nitrogen and oxygen atoms in total. The third-order valence-electron chi connectivity index (χ3n) is 8.36. The molecule has 0 saturated carbocycles. The van der Waals surface area contributed by atoms with Gasteiger partial charge in [0.05, 0.1) is 24.0 Å². The van der Waals surface area contributed by atoms with E-state index in [4.69, 9.17) is 19.7 Å². The molecule has 8 rings (SSSR count). The fourth-order valence-electron chi connectivity index (χ4n) is 5.77. The number of para-hydroxylation sites is 3. The molecule has 0 amide bonds. The van der Waals surface area contributed by atoms with Crippen LogP contribution in [-0.2, 0) is 0 Å². The molecule has 0 saturated heterocycles. The van der Waals surface area contributed by atoms with E-state index in [1.807, 2.05) is 105 Å². The Morgan fingerprint density at radius 2 is 1.63 bits per heavy atom. The molecular formula is C39H32N8O3S2. The van der Waals surface area contributed by atoms with E-state index in [2.05, 4.69) is 44.0 Å². The first kappa shape index (κ1) is 33.0. The normalized spacial score (nSPS) is 11.5. The molecule has 3 N–H and O–H groups in total. The standard InChI is InChI=1S/C39H32N8O3S2/c1-22-10-9-11-25(18-22)36-41-37-35(38(45-47(37)44-36)50-32-14-7-6-13-31(32)49-4)51-33-15-8-5-12-29(33)40-26-16-17-28-30(21-26)46-52-39(28)43-42-27-19-23(2)34(48)24(3)20-27/h5-21,40,48H,1-4H3,(H,41,44). The predicted molar refractivity (Wildman–Crippen MR) is 206 cm³/mol. The van der Waals surface area contributed by atoms with Crippen molar-refractivity contribution in [2.75, 3.05) is 12.4 Å². The third-order valence-corrected chi connectivity index (χ3v) is 10.3. The molecule has 0 unspecified atom stereocenters. The molecule has 0 aliphatic carbocycles. The molecule has 0 spiro atoms. The Morgan fingerprint density at radius 3 is 2.44 bits per heavy atom. The molecule has 0 aliphatic heterocycles. The number of fused-ring (bicyclic) bond motifs is 2. The van der Waals surface area contributed by atoms with Crippen molar-refractivity contribution in [1.29, 1.82) is 0 Å². The number of hydrogen-bond donors (Lipinski definition) is 3. The number of aromatic hydroxyl groups is 1. The highest BCUT2D eigenvalue weighted by Crippen LogP contribution is 2.44. The molecule has 3 aromatic heterocycles. The van der Waals surface area contributed by atoms with Crippen LogP contribution in [0.2, 0.25) is 0 Å². The van der Waals surface area contributed by atoms with Gasteiger partial charge in [0.25, 0.3) is 5.88 Å². The lowest BCUT2D eigenvalue weighted by atomic mass is 10.1. The van der Waals surface area contributed by atoms with Crippen molar-refractivity contribution in [3.05, 3.63) is 120 Å². The Morgan fingerprint density at radius 1 is 0.846 bits per heavy atom. The summed E-state index contributed by atoms with van der Waals surface area (Å²) in [4.78, 5) is 5.19. The molecule has 0 bridgehead atoms. The number of aryl methyl sites for hydroxylation is 3. The zero-order chi connectivity index (χ0) is 35.8. The number of rotatable bonds is 10. The van der Waals surface area contributed by atoms with Gasteiger partial charge in [-0.2, -0.15) is 4.37 Å². The highest BCUT2D eigenvalue weighted by molar-refractivity contribution is 7.99. The number of ether oxygens (including phenoxy) is 2. The van der Waals surface area contributed by atoms with Crippen molar-refractivity contribution < 1.29 is 14.6 Å². The van der Waals surface area contributed by atoms with Gasteiger partial charge < -0.3 is 24.9 Å². The van der Waals surface area contributed by atoms with Gasteiger partial charge in [-0.25, -0.2) is 0 Å². The van der Waals surface area contributed by atoms with Crippen LogP contribution >= 0.6 is 23.3 Å². The zero-order valence-corrected chi connectivity index (χ0v) is 30.2. The zero-order valence-electron chi connectivity index (χ0n) is 28.6. The number of nitrogens with one attached hydrogen (secondary N) is 2. The van der Waals surface area contributed by atoms with Gasteiger partial charge >= 0.3 is 0 Å². The first-order chi connectivity index (χ1) is 25.3. The first-order valence-corrected chi connectivity index (χ1v) is 17.9. The Hall–Kier alpha value is -6.18. The van der Waals surface area contributed by atoms with Crippen molar-refractivity contribution in [3.63, 3.8) is 0 Å². The van der Waals surface area contributed by atoms with E-state index in [1.54, 1.807) is 11.7 Å². The second kappa shape index (κ2) is 13.9. The average Bonchev–Trinajstić information content (AvgIpc) is 3.84. The summed E-state index contributed by atoms with van der Waals surface area (Å²) in [5.41, 5.74) is 7.55. The number of azo groups is 1. The van der Waals surface area contributed by atoms with Gasteiger partial charge in [0.1, 0.15) is 10.6 Å². The summed E-state index contributed by atoms with van der Waals surface area (Å²) < 4.78 is 18.2. The number of anilines is 2. The molecule has 5 aromatic carbocycles. The van der Waals surface area contributed by atoms with Crippen molar-refractivity contribution in [3.8, 4) is 34.5 Å². The first-order valence-electron chi connectivity index (χ1n) is 16.3. The van der Waals surface area contributed by atoms with Crippen LogP contribution in [0.4, 0.5) is 22.1 Å². The fraction of sp³-hybridized carbons (Fsp3) is 0.103. The van der Waals surface area contributed by atoms with Crippen LogP contribution in [0, 0.1) is 20.8 Å². The van der Waals surface area contributed by atoms with Gasteiger partial charge in [-0.1, -0.05) is 59.8 Å². The number of aromatic nitrogens is 5. The second-order valence-corrected chi connectivity index (χ2v) is 13.9. The van der Waals surface area contributed by atoms with Crippen molar-refractivity contribution in [1.82, 2.24) is 24.2 Å². The van der Waals surface area contributed by atoms with Crippen LogP contribution in [0.5, 0.6) is 23.1 Å². The molecule has 3 heterocycles.